The molecule has 0 bridgehead atoms. The van der Waals surface area contributed by atoms with Crippen molar-refractivity contribution in [2.75, 3.05) is 39.5 Å². The Morgan fingerprint density at radius 1 is 1.18 bits per heavy atom. The largest absolute Gasteiger partial charge is 0.379 e. The first-order valence-electron chi connectivity index (χ1n) is 9.33. The molecule has 0 N–H and O–H groups in total. The van der Waals surface area contributed by atoms with Crippen LogP contribution in [-0.2, 0) is 9.47 Å². The summed E-state index contributed by atoms with van der Waals surface area (Å²) in [7, 11) is 0. The van der Waals surface area contributed by atoms with Crippen LogP contribution in [0.4, 0.5) is 0 Å². The molecule has 0 aromatic heterocycles. The van der Waals surface area contributed by atoms with E-state index in [1.807, 2.05) is 0 Å². The van der Waals surface area contributed by atoms with E-state index in [4.69, 9.17) is 9.47 Å². The summed E-state index contributed by atoms with van der Waals surface area (Å²) < 4.78 is 11.7. The van der Waals surface area contributed by atoms with Gasteiger partial charge in [-0.15, -0.1) is 0 Å². The van der Waals surface area contributed by atoms with Crippen LogP contribution in [0, 0.1) is 22.7 Å². The molecular weight excluding hydrogens is 274 g/mol. The summed E-state index contributed by atoms with van der Waals surface area (Å²) in [6.07, 6.45) is 5.82. The molecule has 3 nitrogen and oxygen atoms in total. The van der Waals surface area contributed by atoms with Crippen molar-refractivity contribution in [2.45, 2.75) is 59.5 Å². The van der Waals surface area contributed by atoms with Crippen molar-refractivity contribution < 1.29 is 9.47 Å². The van der Waals surface area contributed by atoms with Crippen molar-refractivity contribution in [1.82, 2.24) is 4.90 Å². The third-order valence-corrected chi connectivity index (χ3v) is 6.33. The first-order chi connectivity index (χ1) is 10.4. The van der Waals surface area contributed by atoms with Gasteiger partial charge >= 0.3 is 0 Å². The van der Waals surface area contributed by atoms with Crippen molar-refractivity contribution in [3.05, 3.63) is 0 Å². The predicted molar refractivity (Wildman–Crippen MR) is 90.0 cm³/mol. The summed E-state index contributed by atoms with van der Waals surface area (Å²) in [5.74, 6) is 1.77. The molecule has 2 aliphatic heterocycles. The average molecular weight is 309 g/mol. The van der Waals surface area contributed by atoms with E-state index in [2.05, 4.69) is 32.6 Å². The first kappa shape index (κ1) is 16.7. The molecule has 3 unspecified atom stereocenters. The molecule has 22 heavy (non-hydrogen) atoms. The van der Waals surface area contributed by atoms with E-state index >= 15 is 0 Å². The summed E-state index contributed by atoms with van der Waals surface area (Å²) in [5, 5.41) is 0. The average Bonchev–Trinajstić information content (AvgIpc) is 2.93. The first-order valence-corrected chi connectivity index (χ1v) is 9.33. The van der Waals surface area contributed by atoms with Gasteiger partial charge in [0.1, 0.15) is 0 Å². The van der Waals surface area contributed by atoms with Crippen LogP contribution >= 0.6 is 0 Å². The van der Waals surface area contributed by atoms with Gasteiger partial charge in [0, 0.05) is 13.1 Å². The molecule has 0 aromatic rings. The molecule has 128 valence electrons. The molecule has 3 aliphatic rings. The molecule has 3 heteroatoms. The van der Waals surface area contributed by atoms with Crippen molar-refractivity contribution in [3.8, 4) is 0 Å². The third-order valence-electron chi connectivity index (χ3n) is 6.33. The zero-order valence-corrected chi connectivity index (χ0v) is 15.1. The Morgan fingerprint density at radius 3 is 2.59 bits per heavy atom. The lowest BCUT2D eigenvalue weighted by atomic mass is 9.79. The minimum Gasteiger partial charge on any atom is -0.379 e. The van der Waals surface area contributed by atoms with Crippen molar-refractivity contribution in [3.63, 3.8) is 0 Å². The number of rotatable bonds is 6. The van der Waals surface area contributed by atoms with E-state index < -0.39 is 0 Å². The summed E-state index contributed by atoms with van der Waals surface area (Å²) in [5.41, 5.74) is 0.859. The van der Waals surface area contributed by atoms with Crippen LogP contribution in [-0.4, -0.2) is 50.5 Å². The van der Waals surface area contributed by atoms with Gasteiger partial charge in [0.05, 0.1) is 25.9 Å². The zero-order chi connectivity index (χ0) is 15.8. The predicted octanol–water partition coefficient (Wildman–Crippen LogP) is 3.58. The normalized spacial score (nSPS) is 36.4. The van der Waals surface area contributed by atoms with Crippen LogP contribution in [0.2, 0.25) is 0 Å². The molecule has 3 fully saturated rings. The second kappa shape index (κ2) is 6.41. The number of hydrogen-bond acceptors (Lipinski definition) is 3. The SMILES string of the molecule is CC(C)CC1CC12COC(C(C)(C)CCN1CCOCC1)C2. The Labute approximate surface area is 136 Å². The fourth-order valence-electron chi connectivity index (χ4n) is 4.45. The van der Waals surface area contributed by atoms with Crippen LogP contribution in [0.25, 0.3) is 0 Å². The molecule has 1 saturated carbocycles. The van der Waals surface area contributed by atoms with E-state index in [1.165, 1.54) is 32.2 Å². The van der Waals surface area contributed by atoms with Crippen LogP contribution in [0.5, 0.6) is 0 Å². The summed E-state index contributed by atoms with van der Waals surface area (Å²) in [6.45, 7) is 15.8. The minimum atomic E-state index is 0.298. The van der Waals surface area contributed by atoms with Gasteiger partial charge in [-0.3, -0.25) is 4.90 Å². The maximum Gasteiger partial charge on any atom is 0.0633 e. The van der Waals surface area contributed by atoms with Crippen LogP contribution in [0.15, 0.2) is 0 Å². The van der Waals surface area contributed by atoms with Crippen LogP contribution in [0.3, 0.4) is 0 Å². The van der Waals surface area contributed by atoms with E-state index in [0.717, 1.165) is 44.7 Å². The monoisotopic (exact) mass is 309 g/mol. The lowest BCUT2D eigenvalue weighted by Gasteiger charge is -2.34. The molecule has 3 rings (SSSR count). The van der Waals surface area contributed by atoms with Gasteiger partial charge in [-0.25, -0.2) is 0 Å². The second-order valence-corrected chi connectivity index (χ2v) is 9.09. The summed E-state index contributed by atoms with van der Waals surface area (Å²) in [4.78, 5) is 2.55. The van der Waals surface area contributed by atoms with Gasteiger partial charge in [0.15, 0.2) is 0 Å². The lowest BCUT2D eigenvalue weighted by molar-refractivity contribution is -0.00443. The Balaban J connectivity index is 1.47. The minimum absolute atomic E-state index is 0.298. The highest BCUT2D eigenvalue weighted by molar-refractivity contribution is 5.08. The van der Waals surface area contributed by atoms with Gasteiger partial charge in [-0.2, -0.15) is 0 Å². The number of ether oxygens (including phenoxy) is 2. The molecule has 2 saturated heterocycles. The second-order valence-electron chi connectivity index (χ2n) is 9.09. The summed E-state index contributed by atoms with van der Waals surface area (Å²) in [6, 6.07) is 0. The van der Waals surface area contributed by atoms with E-state index in [9.17, 15) is 0 Å². The Kier molecular flexibility index (Phi) is 4.87. The van der Waals surface area contributed by atoms with E-state index in [1.54, 1.807) is 0 Å². The molecule has 0 aromatic carbocycles. The van der Waals surface area contributed by atoms with Gasteiger partial charge in [0.2, 0.25) is 0 Å². The zero-order valence-electron chi connectivity index (χ0n) is 15.1. The van der Waals surface area contributed by atoms with Gasteiger partial charge in [-0.1, -0.05) is 27.7 Å². The van der Waals surface area contributed by atoms with Gasteiger partial charge in [0.25, 0.3) is 0 Å². The van der Waals surface area contributed by atoms with E-state index in [-0.39, 0.29) is 0 Å². The number of hydrogen-bond donors (Lipinski definition) is 0. The standard InChI is InChI=1S/C19H35NO2/c1-15(2)11-16-12-19(16)13-17(22-14-19)18(3,4)5-6-20-7-9-21-10-8-20/h15-17H,5-14H2,1-4H3. The Morgan fingerprint density at radius 2 is 1.91 bits per heavy atom. The molecule has 0 amide bonds. The van der Waals surface area contributed by atoms with Crippen molar-refractivity contribution in [2.24, 2.45) is 22.7 Å². The molecule has 3 atom stereocenters. The fourth-order valence-corrected chi connectivity index (χ4v) is 4.45. The quantitative estimate of drug-likeness (QED) is 0.748. The highest BCUT2D eigenvalue weighted by Crippen LogP contribution is 2.63. The molecule has 0 radical (unpaired) electrons. The molecule has 1 aliphatic carbocycles. The van der Waals surface area contributed by atoms with Crippen molar-refractivity contribution >= 4 is 0 Å². The maximum absolute atomic E-state index is 6.30. The lowest BCUT2D eigenvalue weighted by Crippen LogP contribution is -2.40. The van der Waals surface area contributed by atoms with Gasteiger partial charge < -0.3 is 9.47 Å². The number of nitrogens with zero attached hydrogens (tertiary/aromatic N) is 1. The summed E-state index contributed by atoms with van der Waals surface area (Å²) >= 11 is 0. The van der Waals surface area contributed by atoms with Crippen LogP contribution < -0.4 is 0 Å². The topological polar surface area (TPSA) is 21.7 Å². The number of morpholine rings is 1. The molecule has 2 heterocycles. The Bertz CT molecular complexity index is 376. The third kappa shape index (κ3) is 3.68. The van der Waals surface area contributed by atoms with Gasteiger partial charge in [-0.05, 0) is 54.9 Å². The van der Waals surface area contributed by atoms with E-state index in [0.29, 0.717) is 16.9 Å². The van der Waals surface area contributed by atoms with Crippen molar-refractivity contribution in [1.29, 1.82) is 0 Å². The highest BCUT2D eigenvalue weighted by Gasteiger charge is 2.59. The van der Waals surface area contributed by atoms with Crippen LogP contribution in [0.1, 0.15) is 53.4 Å². The Hall–Kier alpha value is -0.120. The fraction of sp³-hybridized carbons (Fsp3) is 1.00. The highest BCUT2D eigenvalue weighted by atomic mass is 16.5. The smallest absolute Gasteiger partial charge is 0.0633 e. The molecule has 1 spiro atoms. The maximum atomic E-state index is 6.30. The molecular formula is C19H35NO2.